The van der Waals surface area contributed by atoms with Gasteiger partial charge in [-0.25, -0.2) is 0 Å². The summed E-state index contributed by atoms with van der Waals surface area (Å²) in [7, 11) is 0. The molecule has 0 atom stereocenters. The highest BCUT2D eigenvalue weighted by Gasteiger charge is 2.23. The van der Waals surface area contributed by atoms with Gasteiger partial charge in [0.15, 0.2) is 0 Å². The number of nitrogens with one attached hydrogen (secondary N) is 1. The van der Waals surface area contributed by atoms with Gasteiger partial charge in [-0.1, -0.05) is 42.0 Å². The number of hydrogen-bond donors (Lipinski definition) is 1. The monoisotopic (exact) mass is 456 g/mol. The molecule has 1 aromatic heterocycles. The standard InChI is InChI=1S/C28H32N4O2/c1-19-10-12-23(13-11-19)18-32-22(4)24(21(3)30-32)14-15-26(33)29-27-20(2)8-7-9-25(27)28(34)31-16-5-6-17-31/h7-15H,5-6,16-18H2,1-4H3,(H,29,33)/b15-14+. The number of carbonyl (C=O) groups is 2. The van der Waals surface area contributed by atoms with Crippen molar-refractivity contribution in [1.82, 2.24) is 14.7 Å². The van der Waals surface area contributed by atoms with E-state index in [9.17, 15) is 9.59 Å². The second-order valence-electron chi connectivity index (χ2n) is 9.05. The Morgan fingerprint density at radius 2 is 1.71 bits per heavy atom. The van der Waals surface area contributed by atoms with Gasteiger partial charge < -0.3 is 10.2 Å². The minimum absolute atomic E-state index is 0.0236. The molecule has 0 radical (unpaired) electrons. The van der Waals surface area contributed by atoms with Crippen LogP contribution < -0.4 is 5.32 Å². The molecule has 2 amide bonds. The number of hydrogen-bond acceptors (Lipinski definition) is 3. The second kappa shape index (κ2) is 10.1. The average Bonchev–Trinajstić information content (AvgIpc) is 3.44. The molecule has 0 unspecified atom stereocenters. The third-order valence-corrected chi connectivity index (χ3v) is 6.44. The molecule has 34 heavy (non-hydrogen) atoms. The van der Waals surface area contributed by atoms with E-state index in [1.165, 1.54) is 17.2 Å². The van der Waals surface area contributed by atoms with Gasteiger partial charge in [-0.2, -0.15) is 5.10 Å². The number of benzene rings is 2. The number of aromatic nitrogens is 2. The van der Waals surface area contributed by atoms with Crippen molar-refractivity contribution in [1.29, 1.82) is 0 Å². The normalized spacial score (nSPS) is 13.6. The summed E-state index contributed by atoms with van der Waals surface area (Å²) in [6.45, 7) is 10.2. The molecule has 2 aromatic carbocycles. The highest BCUT2D eigenvalue weighted by Crippen LogP contribution is 2.24. The molecule has 6 nitrogen and oxygen atoms in total. The molecular formula is C28H32N4O2. The molecule has 3 aromatic rings. The SMILES string of the molecule is Cc1ccc(Cn2nc(C)c(/C=C/C(=O)Nc3c(C)cccc3C(=O)N3CCCC3)c2C)cc1. The third-order valence-electron chi connectivity index (χ3n) is 6.44. The summed E-state index contributed by atoms with van der Waals surface area (Å²) in [5, 5.41) is 7.61. The predicted octanol–water partition coefficient (Wildman–Crippen LogP) is 5.05. The van der Waals surface area contributed by atoms with E-state index in [-0.39, 0.29) is 11.8 Å². The molecule has 1 aliphatic heterocycles. The van der Waals surface area contributed by atoms with Crippen molar-refractivity contribution >= 4 is 23.6 Å². The van der Waals surface area contributed by atoms with Crippen LogP contribution >= 0.6 is 0 Å². The first-order chi connectivity index (χ1) is 16.3. The van der Waals surface area contributed by atoms with E-state index >= 15 is 0 Å². The lowest BCUT2D eigenvalue weighted by molar-refractivity contribution is -0.111. The van der Waals surface area contributed by atoms with Crippen LogP contribution in [0.3, 0.4) is 0 Å². The van der Waals surface area contributed by atoms with Crippen LogP contribution in [0, 0.1) is 27.7 Å². The van der Waals surface area contributed by atoms with E-state index < -0.39 is 0 Å². The minimum atomic E-state index is -0.269. The maximum Gasteiger partial charge on any atom is 0.255 e. The molecule has 4 rings (SSSR count). The smallest absolute Gasteiger partial charge is 0.255 e. The Hall–Kier alpha value is -3.67. The Morgan fingerprint density at radius 1 is 1.00 bits per heavy atom. The van der Waals surface area contributed by atoms with E-state index in [2.05, 4.69) is 41.6 Å². The molecule has 0 spiro atoms. The van der Waals surface area contributed by atoms with E-state index in [1.54, 1.807) is 12.1 Å². The van der Waals surface area contributed by atoms with Gasteiger partial charge in [-0.15, -0.1) is 0 Å². The topological polar surface area (TPSA) is 67.2 Å². The van der Waals surface area contributed by atoms with Gasteiger partial charge >= 0.3 is 0 Å². The number of carbonyl (C=O) groups excluding carboxylic acids is 2. The summed E-state index contributed by atoms with van der Waals surface area (Å²) in [6.07, 6.45) is 5.37. The first kappa shape index (κ1) is 23.5. The molecule has 2 heterocycles. The van der Waals surface area contributed by atoms with E-state index in [1.807, 2.05) is 42.5 Å². The van der Waals surface area contributed by atoms with Gasteiger partial charge in [0.2, 0.25) is 5.91 Å². The average molecular weight is 457 g/mol. The number of para-hydroxylation sites is 1. The zero-order valence-electron chi connectivity index (χ0n) is 20.4. The molecular weight excluding hydrogens is 424 g/mol. The van der Waals surface area contributed by atoms with Gasteiger partial charge in [0, 0.05) is 30.4 Å². The lowest BCUT2D eigenvalue weighted by atomic mass is 10.1. The first-order valence-electron chi connectivity index (χ1n) is 11.8. The van der Waals surface area contributed by atoms with Gasteiger partial charge in [0.05, 0.1) is 23.5 Å². The molecule has 0 aliphatic carbocycles. The van der Waals surface area contributed by atoms with Crippen LogP contribution in [0.2, 0.25) is 0 Å². The Kier molecular flexibility index (Phi) is 6.96. The van der Waals surface area contributed by atoms with Gasteiger partial charge in [0.1, 0.15) is 0 Å². The Morgan fingerprint density at radius 3 is 2.41 bits per heavy atom. The van der Waals surface area contributed by atoms with Crippen molar-refractivity contribution in [3.05, 3.63) is 87.7 Å². The van der Waals surface area contributed by atoms with Crippen LogP contribution in [0.4, 0.5) is 5.69 Å². The highest BCUT2D eigenvalue weighted by atomic mass is 16.2. The van der Waals surface area contributed by atoms with Crippen LogP contribution in [-0.4, -0.2) is 39.6 Å². The largest absolute Gasteiger partial charge is 0.339 e. The minimum Gasteiger partial charge on any atom is -0.339 e. The van der Waals surface area contributed by atoms with Crippen molar-refractivity contribution in [2.24, 2.45) is 0 Å². The maximum atomic E-state index is 13.0. The Labute approximate surface area is 201 Å². The summed E-state index contributed by atoms with van der Waals surface area (Å²) < 4.78 is 1.96. The molecule has 176 valence electrons. The van der Waals surface area contributed by atoms with Crippen molar-refractivity contribution < 1.29 is 9.59 Å². The predicted molar refractivity (Wildman–Crippen MR) is 136 cm³/mol. The molecule has 1 aliphatic rings. The van der Waals surface area contributed by atoms with E-state index in [4.69, 9.17) is 0 Å². The lowest BCUT2D eigenvalue weighted by Crippen LogP contribution is -2.29. The molecule has 0 bridgehead atoms. The van der Waals surface area contributed by atoms with E-state index in [0.717, 1.165) is 48.4 Å². The Bertz CT molecular complexity index is 1230. The van der Waals surface area contributed by atoms with Crippen LogP contribution in [0.1, 0.15) is 56.8 Å². The van der Waals surface area contributed by atoms with Crippen molar-refractivity contribution in [2.75, 3.05) is 18.4 Å². The zero-order valence-corrected chi connectivity index (χ0v) is 20.4. The van der Waals surface area contributed by atoms with Crippen molar-refractivity contribution in [3.63, 3.8) is 0 Å². The molecule has 0 saturated carbocycles. The second-order valence-corrected chi connectivity index (χ2v) is 9.05. The number of rotatable bonds is 6. The lowest BCUT2D eigenvalue weighted by Gasteiger charge is -2.19. The highest BCUT2D eigenvalue weighted by molar-refractivity contribution is 6.08. The molecule has 1 saturated heterocycles. The number of anilines is 1. The zero-order chi connectivity index (χ0) is 24.2. The molecule has 6 heteroatoms. The Balaban J connectivity index is 1.50. The fraction of sp³-hybridized carbons (Fsp3) is 0.321. The maximum absolute atomic E-state index is 13.0. The van der Waals surface area contributed by atoms with Crippen LogP contribution in [-0.2, 0) is 11.3 Å². The number of aryl methyl sites for hydroxylation is 3. The summed E-state index contributed by atoms with van der Waals surface area (Å²) in [5.41, 5.74) is 7.20. The van der Waals surface area contributed by atoms with Crippen LogP contribution in [0.5, 0.6) is 0 Å². The first-order valence-corrected chi connectivity index (χ1v) is 11.8. The van der Waals surface area contributed by atoms with Crippen molar-refractivity contribution in [3.8, 4) is 0 Å². The third kappa shape index (κ3) is 5.11. The summed E-state index contributed by atoms with van der Waals surface area (Å²) in [6, 6.07) is 14.0. The van der Waals surface area contributed by atoms with E-state index in [0.29, 0.717) is 17.8 Å². The van der Waals surface area contributed by atoms with Crippen LogP contribution in [0.25, 0.3) is 6.08 Å². The number of amides is 2. The quantitative estimate of drug-likeness (QED) is 0.528. The van der Waals surface area contributed by atoms with Gasteiger partial charge in [-0.3, -0.25) is 14.3 Å². The molecule has 1 N–H and O–H groups in total. The van der Waals surface area contributed by atoms with Gasteiger partial charge in [0.25, 0.3) is 5.91 Å². The van der Waals surface area contributed by atoms with Gasteiger partial charge in [-0.05, 0) is 63.8 Å². The fourth-order valence-electron chi connectivity index (χ4n) is 4.40. The number of nitrogens with zero attached hydrogens (tertiary/aromatic N) is 3. The summed E-state index contributed by atoms with van der Waals surface area (Å²) in [4.78, 5) is 27.7. The van der Waals surface area contributed by atoms with Crippen LogP contribution in [0.15, 0.2) is 48.5 Å². The summed E-state index contributed by atoms with van der Waals surface area (Å²) >= 11 is 0. The number of likely N-dealkylation sites (tertiary alicyclic amines) is 1. The molecule has 1 fully saturated rings. The van der Waals surface area contributed by atoms with Crippen molar-refractivity contribution in [2.45, 2.75) is 47.1 Å². The summed E-state index contributed by atoms with van der Waals surface area (Å²) in [5.74, 6) is -0.292. The fourth-order valence-corrected chi connectivity index (χ4v) is 4.40.